The van der Waals surface area contributed by atoms with Crippen molar-refractivity contribution in [3.05, 3.63) is 52.2 Å². The molecule has 23 heavy (non-hydrogen) atoms. The summed E-state index contributed by atoms with van der Waals surface area (Å²) in [5, 5.41) is 5.44. The van der Waals surface area contributed by atoms with Crippen LogP contribution in [0.3, 0.4) is 0 Å². The molecule has 2 heterocycles. The Morgan fingerprint density at radius 1 is 1.30 bits per heavy atom. The Hall–Kier alpha value is -1.81. The molecule has 1 unspecified atom stereocenters. The van der Waals surface area contributed by atoms with E-state index in [4.69, 9.17) is 0 Å². The van der Waals surface area contributed by atoms with Gasteiger partial charge >= 0.3 is 0 Å². The molecule has 1 aliphatic rings. The van der Waals surface area contributed by atoms with E-state index < -0.39 is 0 Å². The standard InChI is InChI=1S/C19H24N2OS/c1-14(2)15-7-3-4-8-16(15)20-13-19(22)21-11-5-9-17(21)18-10-6-12-23-18/h3-4,6-8,10,12,14,17,20H,5,9,11,13H2,1-2H3. The molecule has 1 atom stereocenters. The fourth-order valence-electron chi connectivity index (χ4n) is 3.28. The molecule has 3 nitrogen and oxygen atoms in total. The monoisotopic (exact) mass is 328 g/mol. The van der Waals surface area contributed by atoms with Crippen LogP contribution in [0.25, 0.3) is 0 Å². The number of likely N-dealkylation sites (tertiary alicyclic amines) is 1. The molecule has 3 rings (SSSR count). The average molecular weight is 328 g/mol. The van der Waals surface area contributed by atoms with Crippen molar-refractivity contribution in [1.29, 1.82) is 0 Å². The number of para-hydroxylation sites is 1. The van der Waals surface area contributed by atoms with Crippen molar-refractivity contribution in [3.63, 3.8) is 0 Å². The van der Waals surface area contributed by atoms with Crippen LogP contribution in [0.1, 0.15) is 49.1 Å². The molecule has 0 spiro atoms. The Morgan fingerprint density at radius 3 is 2.87 bits per heavy atom. The van der Waals surface area contributed by atoms with Crippen LogP contribution in [0.4, 0.5) is 5.69 Å². The lowest BCUT2D eigenvalue weighted by Crippen LogP contribution is -2.35. The molecular formula is C19H24N2OS. The Morgan fingerprint density at radius 2 is 2.13 bits per heavy atom. The smallest absolute Gasteiger partial charge is 0.242 e. The lowest BCUT2D eigenvalue weighted by atomic mass is 10.0. The summed E-state index contributed by atoms with van der Waals surface area (Å²) in [6.45, 7) is 5.59. The fraction of sp³-hybridized carbons (Fsp3) is 0.421. The molecule has 1 saturated heterocycles. The first kappa shape index (κ1) is 16.1. The van der Waals surface area contributed by atoms with Crippen molar-refractivity contribution in [1.82, 2.24) is 4.90 Å². The number of rotatable bonds is 5. The van der Waals surface area contributed by atoms with Crippen molar-refractivity contribution in [3.8, 4) is 0 Å². The zero-order chi connectivity index (χ0) is 16.2. The molecule has 1 aliphatic heterocycles. The first-order valence-corrected chi connectivity index (χ1v) is 9.20. The average Bonchev–Trinajstić information content (AvgIpc) is 3.23. The number of nitrogens with zero attached hydrogens (tertiary/aromatic N) is 1. The normalized spacial score (nSPS) is 17.7. The highest BCUT2D eigenvalue weighted by molar-refractivity contribution is 7.10. The summed E-state index contributed by atoms with van der Waals surface area (Å²) in [5.74, 6) is 0.638. The van der Waals surface area contributed by atoms with Gasteiger partial charge in [-0.2, -0.15) is 0 Å². The van der Waals surface area contributed by atoms with E-state index in [0.717, 1.165) is 25.1 Å². The number of carbonyl (C=O) groups excluding carboxylic acids is 1. The van der Waals surface area contributed by atoms with Gasteiger partial charge in [0.05, 0.1) is 12.6 Å². The van der Waals surface area contributed by atoms with Gasteiger partial charge in [-0.3, -0.25) is 4.79 Å². The van der Waals surface area contributed by atoms with Crippen molar-refractivity contribution in [2.24, 2.45) is 0 Å². The van der Waals surface area contributed by atoms with Crippen molar-refractivity contribution in [2.45, 2.75) is 38.6 Å². The molecule has 2 aromatic rings. The van der Waals surface area contributed by atoms with E-state index >= 15 is 0 Å². The lowest BCUT2D eigenvalue weighted by molar-refractivity contribution is -0.130. The maximum atomic E-state index is 12.7. The third-order valence-electron chi connectivity index (χ3n) is 4.46. The van der Waals surface area contributed by atoms with Crippen LogP contribution in [0.2, 0.25) is 0 Å². The van der Waals surface area contributed by atoms with Crippen LogP contribution in [-0.2, 0) is 4.79 Å². The molecule has 1 fully saturated rings. The quantitative estimate of drug-likeness (QED) is 0.866. The molecule has 1 aromatic carbocycles. The molecule has 1 aromatic heterocycles. The van der Waals surface area contributed by atoms with Crippen molar-refractivity contribution in [2.75, 3.05) is 18.4 Å². The Kier molecular flexibility index (Phi) is 5.01. The third kappa shape index (κ3) is 3.58. The van der Waals surface area contributed by atoms with Crippen LogP contribution in [-0.4, -0.2) is 23.9 Å². The van der Waals surface area contributed by atoms with E-state index in [1.165, 1.54) is 10.4 Å². The summed E-state index contributed by atoms with van der Waals surface area (Å²) in [7, 11) is 0. The summed E-state index contributed by atoms with van der Waals surface area (Å²) < 4.78 is 0. The van der Waals surface area contributed by atoms with Crippen LogP contribution >= 0.6 is 11.3 Å². The summed E-state index contributed by atoms with van der Waals surface area (Å²) in [6, 6.07) is 12.7. The number of thiophene rings is 1. The maximum absolute atomic E-state index is 12.7. The number of amides is 1. The van der Waals surface area contributed by atoms with Gasteiger partial charge in [0, 0.05) is 17.1 Å². The Labute approximate surface area is 142 Å². The zero-order valence-corrected chi connectivity index (χ0v) is 14.6. The van der Waals surface area contributed by atoms with Gasteiger partial charge in [0.2, 0.25) is 5.91 Å². The summed E-state index contributed by atoms with van der Waals surface area (Å²) >= 11 is 1.75. The highest BCUT2D eigenvalue weighted by atomic mass is 32.1. The van der Waals surface area contributed by atoms with Gasteiger partial charge in [-0.05, 0) is 41.8 Å². The minimum absolute atomic E-state index is 0.194. The summed E-state index contributed by atoms with van der Waals surface area (Å²) in [4.78, 5) is 16.0. The van der Waals surface area contributed by atoms with Crippen LogP contribution in [0.5, 0.6) is 0 Å². The molecule has 0 aliphatic carbocycles. The number of carbonyl (C=O) groups is 1. The van der Waals surface area contributed by atoms with Gasteiger partial charge in [-0.15, -0.1) is 11.3 Å². The largest absolute Gasteiger partial charge is 0.376 e. The SMILES string of the molecule is CC(C)c1ccccc1NCC(=O)N1CCCC1c1cccs1. The molecule has 4 heteroatoms. The van der Waals surface area contributed by atoms with Crippen LogP contribution in [0, 0.1) is 0 Å². The fourth-order valence-corrected chi connectivity index (χ4v) is 4.15. The van der Waals surface area contributed by atoms with E-state index in [-0.39, 0.29) is 11.9 Å². The van der Waals surface area contributed by atoms with Crippen LogP contribution in [0.15, 0.2) is 41.8 Å². The van der Waals surface area contributed by atoms with E-state index in [0.29, 0.717) is 12.5 Å². The Bertz CT molecular complexity index is 651. The van der Waals surface area contributed by atoms with Gasteiger partial charge in [-0.1, -0.05) is 38.1 Å². The molecule has 0 radical (unpaired) electrons. The molecular weight excluding hydrogens is 304 g/mol. The van der Waals surface area contributed by atoms with Crippen molar-refractivity contribution < 1.29 is 4.79 Å². The molecule has 1 N–H and O–H groups in total. The first-order valence-electron chi connectivity index (χ1n) is 8.32. The van der Waals surface area contributed by atoms with Gasteiger partial charge in [0.15, 0.2) is 0 Å². The van der Waals surface area contributed by atoms with Crippen molar-refractivity contribution >= 4 is 22.9 Å². The predicted molar refractivity (Wildman–Crippen MR) is 97.0 cm³/mol. The number of benzene rings is 1. The van der Waals surface area contributed by atoms with E-state index in [2.05, 4.69) is 54.9 Å². The summed E-state index contributed by atoms with van der Waals surface area (Å²) in [5.41, 5.74) is 2.33. The van der Waals surface area contributed by atoms with Crippen LogP contribution < -0.4 is 5.32 Å². The topological polar surface area (TPSA) is 32.3 Å². The van der Waals surface area contributed by atoms with Gasteiger partial charge in [0.25, 0.3) is 0 Å². The zero-order valence-electron chi connectivity index (χ0n) is 13.8. The highest BCUT2D eigenvalue weighted by Crippen LogP contribution is 2.34. The van der Waals surface area contributed by atoms with E-state index in [1.807, 2.05) is 11.0 Å². The van der Waals surface area contributed by atoms with E-state index in [1.54, 1.807) is 11.3 Å². The minimum Gasteiger partial charge on any atom is -0.376 e. The lowest BCUT2D eigenvalue weighted by Gasteiger charge is -2.24. The number of hydrogen-bond acceptors (Lipinski definition) is 3. The summed E-state index contributed by atoms with van der Waals surface area (Å²) in [6.07, 6.45) is 2.17. The molecule has 0 bridgehead atoms. The maximum Gasteiger partial charge on any atom is 0.242 e. The Balaban J connectivity index is 1.66. The first-order chi connectivity index (χ1) is 11.2. The second-order valence-corrected chi connectivity index (χ2v) is 7.34. The van der Waals surface area contributed by atoms with Gasteiger partial charge in [0.1, 0.15) is 0 Å². The second kappa shape index (κ2) is 7.18. The molecule has 0 saturated carbocycles. The highest BCUT2D eigenvalue weighted by Gasteiger charge is 2.30. The van der Waals surface area contributed by atoms with Gasteiger partial charge in [-0.25, -0.2) is 0 Å². The number of hydrogen-bond donors (Lipinski definition) is 1. The second-order valence-electron chi connectivity index (χ2n) is 6.36. The third-order valence-corrected chi connectivity index (χ3v) is 5.43. The minimum atomic E-state index is 0.194. The molecule has 122 valence electrons. The number of anilines is 1. The van der Waals surface area contributed by atoms with E-state index in [9.17, 15) is 4.79 Å². The molecule has 1 amide bonds. The number of nitrogens with one attached hydrogen (secondary N) is 1. The predicted octanol–water partition coefficient (Wildman–Crippen LogP) is 4.65. The van der Waals surface area contributed by atoms with Gasteiger partial charge < -0.3 is 10.2 Å².